The minimum absolute atomic E-state index is 0.0243. The van der Waals surface area contributed by atoms with Gasteiger partial charge in [0, 0.05) is 25.7 Å². The van der Waals surface area contributed by atoms with Gasteiger partial charge in [0.1, 0.15) is 11.9 Å². The number of pyridine rings is 1. The number of alkyl halides is 2. The lowest BCUT2D eigenvalue weighted by Gasteiger charge is -2.23. The second-order valence-electron chi connectivity index (χ2n) is 8.47. The van der Waals surface area contributed by atoms with Crippen molar-refractivity contribution in [2.45, 2.75) is 38.5 Å². The maximum Gasteiger partial charge on any atom is 0.414 e. The summed E-state index contributed by atoms with van der Waals surface area (Å²) in [6.45, 7) is 1.68. The summed E-state index contributed by atoms with van der Waals surface area (Å²) in [5.41, 5.74) is 1.05. The molecule has 9 nitrogen and oxygen atoms in total. The van der Waals surface area contributed by atoms with Gasteiger partial charge in [-0.3, -0.25) is 19.2 Å². The number of ether oxygens (including phenoxy) is 1. The van der Waals surface area contributed by atoms with Gasteiger partial charge in [-0.15, -0.1) is 0 Å². The summed E-state index contributed by atoms with van der Waals surface area (Å²) in [4.78, 5) is 43.5. The Morgan fingerprint density at radius 3 is 2.63 bits per heavy atom. The average Bonchev–Trinajstić information content (AvgIpc) is 3.24. The molecule has 1 saturated heterocycles. The summed E-state index contributed by atoms with van der Waals surface area (Å²) >= 11 is 0. The number of rotatable bonds is 6. The highest BCUT2D eigenvalue weighted by Gasteiger charge is 2.33. The minimum Gasteiger partial charge on any atom is -0.444 e. The van der Waals surface area contributed by atoms with Crippen LogP contribution in [-0.4, -0.2) is 58.4 Å². The third-order valence-electron chi connectivity index (χ3n) is 6.36. The predicted octanol–water partition coefficient (Wildman–Crippen LogP) is 2.80. The average molecular weight is 489 g/mol. The molecule has 3 aromatic rings. The number of hydrogen-bond donors (Lipinski definition) is 0. The first-order valence-corrected chi connectivity index (χ1v) is 11.2. The van der Waals surface area contributed by atoms with Crippen LogP contribution in [0, 0.1) is 5.82 Å². The number of anilines is 2. The minimum atomic E-state index is -3.05. The van der Waals surface area contributed by atoms with Crippen molar-refractivity contribution >= 4 is 34.3 Å². The fraction of sp³-hybridized carbons (Fsp3) is 0.391. The lowest BCUT2D eigenvalue weighted by Crippen LogP contribution is -2.29. The van der Waals surface area contributed by atoms with Gasteiger partial charge < -0.3 is 9.64 Å². The maximum absolute atomic E-state index is 15.1. The molecule has 1 fully saturated rings. The van der Waals surface area contributed by atoms with Crippen LogP contribution in [0.1, 0.15) is 12.8 Å². The molecule has 184 valence electrons. The second-order valence-corrected chi connectivity index (χ2v) is 8.47. The zero-order valence-electron chi connectivity index (χ0n) is 18.6. The van der Waals surface area contributed by atoms with Crippen LogP contribution in [0.25, 0.3) is 11.0 Å². The molecule has 5 rings (SSSR count). The normalized spacial score (nSPS) is 18.2. The van der Waals surface area contributed by atoms with Crippen molar-refractivity contribution < 1.29 is 27.5 Å². The number of cyclic esters (lactones) is 1. The van der Waals surface area contributed by atoms with Gasteiger partial charge in [-0.2, -0.15) is 0 Å². The van der Waals surface area contributed by atoms with Crippen LogP contribution < -0.4 is 15.4 Å². The number of amides is 1. The van der Waals surface area contributed by atoms with Gasteiger partial charge in [0.05, 0.1) is 36.4 Å². The van der Waals surface area contributed by atoms with Gasteiger partial charge >= 0.3 is 6.09 Å². The molecule has 0 aliphatic carbocycles. The van der Waals surface area contributed by atoms with Crippen LogP contribution in [0.15, 0.2) is 41.3 Å². The SMILES string of the molecule is O=C(CC[C@H]1CN(c2ccc(N3CCn4c(=O)c5cccnc5n4CC3)c(F)c2)C(=O)O1)C(F)F. The van der Waals surface area contributed by atoms with Crippen LogP contribution in [0.4, 0.5) is 29.3 Å². The third kappa shape index (κ3) is 4.24. The predicted molar refractivity (Wildman–Crippen MR) is 120 cm³/mol. The monoisotopic (exact) mass is 489 g/mol. The first-order valence-electron chi connectivity index (χ1n) is 11.2. The summed E-state index contributed by atoms with van der Waals surface area (Å²) in [7, 11) is 0. The number of benzene rings is 1. The van der Waals surface area contributed by atoms with E-state index in [-0.39, 0.29) is 24.2 Å². The number of fused-ring (bicyclic) bond motifs is 3. The molecule has 2 aliphatic heterocycles. The van der Waals surface area contributed by atoms with Crippen LogP contribution >= 0.6 is 0 Å². The van der Waals surface area contributed by atoms with E-state index in [9.17, 15) is 23.2 Å². The Balaban J connectivity index is 1.29. The van der Waals surface area contributed by atoms with E-state index in [0.717, 1.165) is 0 Å². The Hall–Kier alpha value is -3.83. The lowest BCUT2D eigenvalue weighted by atomic mass is 10.1. The van der Waals surface area contributed by atoms with Gasteiger partial charge in [0.15, 0.2) is 11.4 Å². The number of halogens is 3. The van der Waals surface area contributed by atoms with E-state index in [0.29, 0.717) is 42.9 Å². The van der Waals surface area contributed by atoms with Crippen LogP contribution in [0.3, 0.4) is 0 Å². The van der Waals surface area contributed by atoms with E-state index < -0.39 is 36.6 Å². The van der Waals surface area contributed by atoms with E-state index >= 15 is 4.39 Å². The fourth-order valence-electron chi connectivity index (χ4n) is 4.58. The Labute approximate surface area is 197 Å². The van der Waals surface area contributed by atoms with Crippen LogP contribution in [-0.2, 0) is 22.6 Å². The number of ketones is 1. The Morgan fingerprint density at radius 2 is 1.89 bits per heavy atom. The number of carbonyl (C=O) groups is 2. The van der Waals surface area contributed by atoms with Gasteiger partial charge in [0.2, 0.25) is 0 Å². The van der Waals surface area contributed by atoms with E-state index in [1.165, 1.54) is 11.0 Å². The van der Waals surface area contributed by atoms with Crippen LogP contribution in [0.2, 0.25) is 0 Å². The van der Waals surface area contributed by atoms with Gasteiger partial charge in [-0.05, 0) is 36.8 Å². The fourth-order valence-corrected chi connectivity index (χ4v) is 4.58. The van der Waals surface area contributed by atoms with E-state index in [4.69, 9.17) is 4.74 Å². The van der Waals surface area contributed by atoms with Crippen molar-refractivity contribution in [2.24, 2.45) is 0 Å². The highest BCUT2D eigenvalue weighted by molar-refractivity contribution is 5.90. The standard InChI is InChI=1S/C23H22F3N5O4/c24-17-12-14(29-13-15(35-23(29)34)4-6-19(32)20(25)26)3-5-18(17)28-8-10-30-21-16(2-1-7-27-21)22(33)31(30)11-9-28/h1-3,5,7,12,15,20H,4,6,8-11,13H2/t15-/m0/s1. The van der Waals surface area contributed by atoms with Crippen LogP contribution in [0.5, 0.6) is 0 Å². The molecule has 12 heteroatoms. The summed E-state index contributed by atoms with van der Waals surface area (Å²) in [5.74, 6) is -1.75. The van der Waals surface area contributed by atoms with Crippen molar-refractivity contribution in [2.75, 3.05) is 29.4 Å². The molecule has 0 spiro atoms. The quantitative estimate of drug-likeness (QED) is 0.529. The molecule has 0 radical (unpaired) electrons. The summed E-state index contributed by atoms with van der Waals surface area (Å²) in [6, 6.07) is 7.82. The first kappa shape index (κ1) is 22.9. The number of Topliss-reactive ketones (excluding diaryl/α,β-unsaturated/α-hetero) is 1. The Bertz CT molecular complexity index is 1350. The van der Waals surface area contributed by atoms with Crippen molar-refractivity contribution in [3.05, 3.63) is 52.7 Å². The molecule has 0 saturated carbocycles. The molecular formula is C23H22F3N5O4. The molecule has 1 atom stereocenters. The summed E-state index contributed by atoms with van der Waals surface area (Å²) in [5, 5.41) is 0.547. The molecule has 4 heterocycles. The maximum atomic E-state index is 15.1. The number of carbonyl (C=O) groups excluding carboxylic acids is 2. The van der Waals surface area contributed by atoms with Crippen molar-refractivity contribution in [3.63, 3.8) is 0 Å². The molecule has 1 aromatic carbocycles. The van der Waals surface area contributed by atoms with E-state index in [1.54, 1.807) is 35.1 Å². The highest BCUT2D eigenvalue weighted by Crippen LogP contribution is 2.29. The van der Waals surface area contributed by atoms with E-state index in [1.807, 2.05) is 9.58 Å². The summed E-state index contributed by atoms with van der Waals surface area (Å²) in [6.07, 6.45) is -3.30. The smallest absolute Gasteiger partial charge is 0.414 e. The van der Waals surface area contributed by atoms with Gasteiger partial charge in [-0.1, -0.05) is 0 Å². The molecule has 1 amide bonds. The van der Waals surface area contributed by atoms with Crippen molar-refractivity contribution in [3.8, 4) is 0 Å². The summed E-state index contributed by atoms with van der Waals surface area (Å²) < 4.78 is 48.5. The molecule has 2 aromatic heterocycles. The third-order valence-corrected chi connectivity index (χ3v) is 6.36. The largest absolute Gasteiger partial charge is 0.444 e. The highest BCUT2D eigenvalue weighted by atomic mass is 19.3. The zero-order chi connectivity index (χ0) is 24.7. The molecule has 0 bridgehead atoms. The number of aromatic nitrogens is 3. The van der Waals surface area contributed by atoms with Crippen molar-refractivity contribution in [1.29, 1.82) is 0 Å². The van der Waals surface area contributed by atoms with E-state index in [2.05, 4.69) is 4.98 Å². The molecular weight excluding hydrogens is 467 g/mol. The first-order chi connectivity index (χ1) is 16.8. The number of hydrogen-bond acceptors (Lipinski definition) is 6. The van der Waals surface area contributed by atoms with Crippen molar-refractivity contribution in [1.82, 2.24) is 14.3 Å². The zero-order valence-corrected chi connectivity index (χ0v) is 18.6. The molecule has 35 heavy (non-hydrogen) atoms. The second kappa shape index (κ2) is 9.08. The van der Waals surface area contributed by atoms with Gasteiger partial charge in [0.25, 0.3) is 12.0 Å². The molecule has 0 N–H and O–H groups in total. The number of nitrogens with zero attached hydrogens (tertiary/aromatic N) is 5. The molecule has 0 unspecified atom stereocenters. The Kier molecular flexibility index (Phi) is 5.95. The lowest BCUT2D eigenvalue weighted by molar-refractivity contribution is -0.129. The topological polar surface area (TPSA) is 89.7 Å². The van der Waals surface area contributed by atoms with Gasteiger partial charge in [-0.25, -0.2) is 27.6 Å². The Morgan fingerprint density at radius 1 is 1.11 bits per heavy atom. The molecule has 2 aliphatic rings.